The molecule has 0 spiro atoms. The molecule has 1 N–H and O–H groups in total. The maximum atomic E-state index is 12.3. The van der Waals surface area contributed by atoms with Crippen molar-refractivity contribution in [1.82, 2.24) is 25.2 Å². The molecule has 2 heterocycles. The Balaban J connectivity index is 1.98. The third-order valence-corrected chi connectivity index (χ3v) is 2.50. The number of aromatic nitrogens is 4. The Bertz CT molecular complexity index is 547. The summed E-state index contributed by atoms with van der Waals surface area (Å²) in [5.74, 6) is -1.33. The van der Waals surface area contributed by atoms with Gasteiger partial charge in [-0.1, -0.05) is 5.16 Å². The first-order chi connectivity index (χ1) is 8.86. The average Bonchev–Trinajstić information content (AvgIpc) is 2.88. The molecule has 2 rings (SSSR count). The van der Waals surface area contributed by atoms with Crippen LogP contribution in [0.2, 0.25) is 0 Å². The van der Waals surface area contributed by atoms with Crippen molar-refractivity contribution >= 4 is 0 Å². The van der Waals surface area contributed by atoms with Gasteiger partial charge in [0, 0.05) is 17.8 Å². The normalized spacial score (nSPS) is 12.3. The van der Waals surface area contributed by atoms with E-state index in [0.717, 1.165) is 11.3 Å². The summed E-state index contributed by atoms with van der Waals surface area (Å²) in [5, 5.41) is 9.55. The topological polar surface area (TPSA) is 70.8 Å². The van der Waals surface area contributed by atoms with E-state index in [-0.39, 0.29) is 12.4 Å². The summed E-state index contributed by atoms with van der Waals surface area (Å²) in [6.45, 7) is 2.52. The summed E-state index contributed by atoms with van der Waals surface area (Å²) in [4.78, 5) is 5.06. The molecule has 0 radical (unpaired) electrons. The Morgan fingerprint density at radius 1 is 1.37 bits per heavy atom. The zero-order valence-electron chi connectivity index (χ0n) is 10.3. The van der Waals surface area contributed by atoms with Crippen molar-refractivity contribution in [3.05, 3.63) is 29.2 Å². The molecule has 104 valence electrons. The molecule has 6 nitrogen and oxygen atoms in total. The van der Waals surface area contributed by atoms with Crippen LogP contribution in [0.3, 0.4) is 0 Å². The van der Waals surface area contributed by atoms with Crippen LogP contribution in [0.15, 0.2) is 10.7 Å². The van der Waals surface area contributed by atoms with E-state index in [1.54, 1.807) is 18.1 Å². The van der Waals surface area contributed by atoms with E-state index in [9.17, 15) is 13.2 Å². The van der Waals surface area contributed by atoms with Gasteiger partial charge in [0.15, 0.2) is 0 Å². The van der Waals surface area contributed by atoms with Crippen molar-refractivity contribution in [2.75, 3.05) is 7.05 Å². The Hall–Kier alpha value is -1.90. The number of aryl methyl sites for hydroxylation is 1. The average molecular weight is 275 g/mol. The molecule has 0 fully saturated rings. The molecule has 9 heteroatoms. The van der Waals surface area contributed by atoms with Gasteiger partial charge in [-0.3, -0.25) is 10.00 Å². The lowest BCUT2D eigenvalue weighted by Gasteiger charge is -2.13. The molecule has 0 aliphatic heterocycles. The molecule has 0 amide bonds. The van der Waals surface area contributed by atoms with Crippen molar-refractivity contribution in [2.24, 2.45) is 0 Å². The number of H-pyrrole nitrogens is 1. The number of nitrogens with one attached hydrogen (secondary N) is 1. The smallest absolute Gasteiger partial charge is 0.338 e. The monoisotopic (exact) mass is 275 g/mol. The fourth-order valence-electron chi connectivity index (χ4n) is 1.55. The molecule has 0 aromatic carbocycles. The van der Waals surface area contributed by atoms with Crippen LogP contribution >= 0.6 is 0 Å². The van der Waals surface area contributed by atoms with Crippen LogP contribution in [0.5, 0.6) is 0 Å². The van der Waals surface area contributed by atoms with Crippen molar-refractivity contribution in [3.63, 3.8) is 0 Å². The quantitative estimate of drug-likeness (QED) is 0.920. The van der Waals surface area contributed by atoms with Crippen molar-refractivity contribution < 1.29 is 17.7 Å². The molecule has 0 saturated carbocycles. The van der Waals surface area contributed by atoms with Crippen LogP contribution in [0.25, 0.3) is 0 Å². The van der Waals surface area contributed by atoms with E-state index in [1.807, 2.05) is 6.92 Å². The molecule has 0 bridgehead atoms. The van der Waals surface area contributed by atoms with Crippen LogP contribution < -0.4 is 0 Å². The molecular weight excluding hydrogens is 263 g/mol. The fraction of sp³-hybridized carbons (Fsp3) is 0.500. The van der Waals surface area contributed by atoms with E-state index in [4.69, 9.17) is 0 Å². The molecule has 2 aromatic heterocycles. The second kappa shape index (κ2) is 5.00. The highest BCUT2D eigenvalue weighted by Crippen LogP contribution is 2.26. The molecule has 2 aromatic rings. The van der Waals surface area contributed by atoms with Gasteiger partial charge in [0.05, 0.1) is 12.7 Å². The fourth-order valence-corrected chi connectivity index (χ4v) is 1.55. The van der Waals surface area contributed by atoms with E-state index in [0.29, 0.717) is 6.54 Å². The van der Waals surface area contributed by atoms with E-state index < -0.39 is 12.0 Å². The van der Waals surface area contributed by atoms with Gasteiger partial charge in [0.1, 0.15) is 0 Å². The first-order valence-corrected chi connectivity index (χ1v) is 5.43. The first-order valence-electron chi connectivity index (χ1n) is 5.43. The predicted molar refractivity (Wildman–Crippen MR) is 57.8 cm³/mol. The summed E-state index contributed by atoms with van der Waals surface area (Å²) in [5.41, 5.74) is 1.87. The highest BCUT2D eigenvalue weighted by Gasteiger charge is 2.37. The minimum absolute atomic E-state index is 0.0732. The van der Waals surface area contributed by atoms with Gasteiger partial charge in [0.2, 0.25) is 5.89 Å². The summed E-state index contributed by atoms with van der Waals surface area (Å²) in [6, 6.07) is 0. The van der Waals surface area contributed by atoms with Gasteiger partial charge in [-0.25, -0.2) is 0 Å². The SMILES string of the molecule is Cc1[nH]ncc1CN(C)Cc1nc(C(F)(F)F)no1. The lowest BCUT2D eigenvalue weighted by atomic mass is 10.2. The molecule has 0 atom stereocenters. The minimum atomic E-state index is -4.58. The van der Waals surface area contributed by atoms with Gasteiger partial charge in [-0.2, -0.15) is 23.3 Å². The lowest BCUT2D eigenvalue weighted by molar-refractivity contribution is -0.146. The Morgan fingerprint density at radius 3 is 2.63 bits per heavy atom. The highest BCUT2D eigenvalue weighted by molar-refractivity contribution is 5.13. The molecule has 0 saturated heterocycles. The maximum Gasteiger partial charge on any atom is 0.455 e. The first kappa shape index (κ1) is 13.5. The van der Waals surface area contributed by atoms with Gasteiger partial charge < -0.3 is 4.52 Å². The summed E-state index contributed by atoms with van der Waals surface area (Å²) in [6.07, 6.45) is -2.91. The number of hydrogen-bond acceptors (Lipinski definition) is 5. The number of hydrogen-bond donors (Lipinski definition) is 1. The number of alkyl halides is 3. The second-order valence-electron chi connectivity index (χ2n) is 4.20. The largest absolute Gasteiger partial charge is 0.455 e. The predicted octanol–water partition coefficient (Wildman–Crippen LogP) is 1.75. The third kappa shape index (κ3) is 3.31. The summed E-state index contributed by atoms with van der Waals surface area (Å²) >= 11 is 0. The number of aromatic amines is 1. The van der Waals surface area contributed by atoms with Crippen molar-refractivity contribution in [2.45, 2.75) is 26.2 Å². The van der Waals surface area contributed by atoms with E-state index >= 15 is 0 Å². The van der Waals surface area contributed by atoms with Gasteiger partial charge in [0.25, 0.3) is 5.82 Å². The third-order valence-electron chi connectivity index (χ3n) is 2.50. The van der Waals surface area contributed by atoms with Crippen molar-refractivity contribution in [3.8, 4) is 0 Å². The second-order valence-corrected chi connectivity index (χ2v) is 4.20. The molecule has 0 aliphatic carbocycles. The van der Waals surface area contributed by atoms with Crippen LogP contribution in [-0.4, -0.2) is 32.3 Å². The Labute approximate surface area is 106 Å². The van der Waals surface area contributed by atoms with Crippen molar-refractivity contribution in [1.29, 1.82) is 0 Å². The van der Waals surface area contributed by atoms with Gasteiger partial charge in [-0.15, -0.1) is 0 Å². The molecule has 0 aliphatic rings. The number of halogens is 3. The number of rotatable bonds is 4. The Morgan fingerprint density at radius 2 is 2.11 bits per heavy atom. The molecule has 19 heavy (non-hydrogen) atoms. The summed E-state index contributed by atoms with van der Waals surface area (Å²) < 4.78 is 41.4. The lowest BCUT2D eigenvalue weighted by Crippen LogP contribution is -2.18. The van der Waals surface area contributed by atoms with Crippen LogP contribution in [-0.2, 0) is 19.3 Å². The molecule has 0 unspecified atom stereocenters. The molecular formula is C10H12F3N5O. The highest BCUT2D eigenvalue weighted by atomic mass is 19.4. The standard InChI is InChI=1S/C10H12F3N5O/c1-6-7(3-14-16-6)4-18(2)5-8-15-9(17-19-8)10(11,12)13/h3H,4-5H2,1-2H3,(H,14,16). The zero-order chi connectivity index (χ0) is 14.0. The van der Waals surface area contributed by atoms with Crippen LogP contribution in [0.1, 0.15) is 23.0 Å². The van der Waals surface area contributed by atoms with Gasteiger partial charge in [-0.05, 0) is 14.0 Å². The van der Waals surface area contributed by atoms with Crippen LogP contribution in [0.4, 0.5) is 13.2 Å². The van der Waals surface area contributed by atoms with Crippen LogP contribution in [0, 0.1) is 6.92 Å². The van der Waals surface area contributed by atoms with E-state index in [2.05, 4.69) is 24.9 Å². The van der Waals surface area contributed by atoms with E-state index in [1.165, 1.54) is 0 Å². The maximum absolute atomic E-state index is 12.3. The minimum Gasteiger partial charge on any atom is -0.338 e. The number of nitrogens with zero attached hydrogens (tertiary/aromatic N) is 4. The Kier molecular flexibility index (Phi) is 3.56. The van der Waals surface area contributed by atoms with Gasteiger partial charge >= 0.3 is 6.18 Å². The zero-order valence-corrected chi connectivity index (χ0v) is 10.3. The summed E-state index contributed by atoms with van der Waals surface area (Å²) in [7, 11) is 1.74.